The number of fused-ring (bicyclic) bond motifs is 1. The van der Waals surface area contributed by atoms with Gasteiger partial charge in [-0.25, -0.2) is 0 Å². The van der Waals surface area contributed by atoms with E-state index in [-0.39, 0.29) is 6.10 Å². The average molecular weight is 213 g/mol. The Bertz CT molecular complexity index is 484. The Kier molecular flexibility index (Phi) is 2.58. The first-order chi connectivity index (χ1) is 7.95. The molecule has 2 heterocycles. The van der Waals surface area contributed by atoms with Gasteiger partial charge in [-0.1, -0.05) is 24.3 Å². The van der Waals surface area contributed by atoms with Crippen molar-refractivity contribution in [3.05, 3.63) is 42.2 Å². The van der Waals surface area contributed by atoms with Gasteiger partial charge >= 0.3 is 0 Å². The highest BCUT2D eigenvalue weighted by Gasteiger charge is 2.19. The lowest BCUT2D eigenvalue weighted by molar-refractivity contribution is 0.0133. The molecule has 2 nitrogen and oxygen atoms in total. The molecular weight excluding hydrogens is 198 g/mol. The van der Waals surface area contributed by atoms with Crippen LogP contribution in [0.5, 0.6) is 0 Å². The third-order valence-electron chi connectivity index (χ3n) is 3.19. The first-order valence-corrected chi connectivity index (χ1v) is 5.90. The highest BCUT2D eigenvalue weighted by molar-refractivity contribution is 5.84. The van der Waals surface area contributed by atoms with E-state index in [0.29, 0.717) is 0 Å². The number of rotatable bonds is 1. The Labute approximate surface area is 95.3 Å². The molecule has 1 saturated heterocycles. The van der Waals surface area contributed by atoms with Crippen LogP contribution in [0.2, 0.25) is 0 Å². The van der Waals surface area contributed by atoms with E-state index in [4.69, 9.17) is 4.74 Å². The molecule has 3 rings (SSSR count). The van der Waals surface area contributed by atoms with Gasteiger partial charge in [0.15, 0.2) is 0 Å². The van der Waals surface area contributed by atoms with Gasteiger partial charge in [-0.3, -0.25) is 4.98 Å². The molecule has 0 spiro atoms. The van der Waals surface area contributed by atoms with Gasteiger partial charge in [-0.15, -0.1) is 0 Å². The number of nitrogens with zero attached hydrogens (tertiary/aromatic N) is 1. The smallest absolute Gasteiger partial charge is 0.100 e. The highest BCUT2D eigenvalue weighted by atomic mass is 16.5. The molecule has 0 bridgehead atoms. The molecule has 1 aromatic heterocycles. The van der Waals surface area contributed by atoms with Crippen molar-refractivity contribution in [3.63, 3.8) is 0 Å². The molecule has 82 valence electrons. The summed E-state index contributed by atoms with van der Waals surface area (Å²) in [7, 11) is 0. The van der Waals surface area contributed by atoms with E-state index in [1.165, 1.54) is 23.6 Å². The van der Waals surface area contributed by atoms with E-state index in [9.17, 15) is 0 Å². The molecule has 0 aliphatic carbocycles. The Hall–Kier alpha value is -1.41. The third-order valence-corrected chi connectivity index (χ3v) is 3.19. The van der Waals surface area contributed by atoms with Crippen LogP contribution in [0.25, 0.3) is 10.8 Å². The van der Waals surface area contributed by atoms with E-state index in [2.05, 4.69) is 35.3 Å². The first kappa shape index (κ1) is 9.79. The second-order valence-electron chi connectivity index (χ2n) is 4.27. The number of benzene rings is 1. The van der Waals surface area contributed by atoms with E-state index in [1.807, 2.05) is 6.20 Å². The zero-order valence-electron chi connectivity index (χ0n) is 9.23. The van der Waals surface area contributed by atoms with Crippen LogP contribution in [-0.2, 0) is 4.74 Å². The lowest BCUT2D eigenvalue weighted by atomic mass is 10.0. The van der Waals surface area contributed by atoms with Crippen LogP contribution >= 0.6 is 0 Å². The van der Waals surface area contributed by atoms with Crippen molar-refractivity contribution in [1.82, 2.24) is 4.98 Å². The first-order valence-electron chi connectivity index (χ1n) is 5.90. The van der Waals surface area contributed by atoms with Crippen molar-refractivity contribution < 1.29 is 4.74 Å². The fraction of sp³-hybridized carbons (Fsp3) is 0.357. The SMILES string of the molecule is c1ccc2c(C3CCCCO3)nccc2c1. The topological polar surface area (TPSA) is 22.1 Å². The van der Waals surface area contributed by atoms with Crippen molar-refractivity contribution in [3.8, 4) is 0 Å². The molecule has 2 aromatic rings. The van der Waals surface area contributed by atoms with Crippen molar-refractivity contribution in [2.45, 2.75) is 25.4 Å². The number of hydrogen-bond acceptors (Lipinski definition) is 2. The maximum atomic E-state index is 5.81. The van der Waals surface area contributed by atoms with Crippen LogP contribution in [0.3, 0.4) is 0 Å². The molecule has 0 saturated carbocycles. The monoisotopic (exact) mass is 213 g/mol. The van der Waals surface area contributed by atoms with Crippen LogP contribution < -0.4 is 0 Å². The minimum Gasteiger partial charge on any atom is -0.372 e. The van der Waals surface area contributed by atoms with Crippen molar-refractivity contribution >= 4 is 10.8 Å². The van der Waals surface area contributed by atoms with Gasteiger partial charge in [0.25, 0.3) is 0 Å². The van der Waals surface area contributed by atoms with Crippen LogP contribution in [0.4, 0.5) is 0 Å². The number of ether oxygens (including phenoxy) is 1. The van der Waals surface area contributed by atoms with Gasteiger partial charge in [0, 0.05) is 18.2 Å². The lowest BCUT2D eigenvalue weighted by Crippen LogP contribution is -2.13. The van der Waals surface area contributed by atoms with Gasteiger partial charge < -0.3 is 4.74 Å². The molecule has 2 heteroatoms. The standard InChI is InChI=1S/C14H15NO/c1-2-6-12-11(5-1)8-9-15-14(12)13-7-3-4-10-16-13/h1-2,5-6,8-9,13H,3-4,7,10H2. The van der Waals surface area contributed by atoms with E-state index in [0.717, 1.165) is 18.7 Å². The molecule has 1 atom stereocenters. The fourth-order valence-corrected chi connectivity index (χ4v) is 2.36. The van der Waals surface area contributed by atoms with E-state index >= 15 is 0 Å². The lowest BCUT2D eigenvalue weighted by Gasteiger charge is -2.23. The Balaban J connectivity index is 2.08. The molecule has 1 unspecified atom stereocenters. The van der Waals surface area contributed by atoms with Crippen molar-refractivity contribution in [2.75, 3.05) is 6.61 Å². The largest absolute Gasteiger partial charge is 0.372 e. The van der Waals surface area contributed by atoms with Gasteiger partial charge in [-0.2, -0.15) is 0 Å². The summed E-state index contributed by atoms with van der Waals surface area (Å²) < 4.78 is 5.81. The van der Waals surface area contributed by atoms with Gasteiger partial charge in [0.2, 0.25) is 0 Å². The minimum absolute atomic E-state index is 0.194. The highest BCUT2D eigenvalue weighted by Crippen LogP contribution is 2.30. The summed E-state index contributed by atoms with van der Waals surface area (Å²) in [5.74, 6) is 0. The minimum atomic E-state index is 0.194. The Morgan fingerprint density at radius 1 is 1.12 bits per heavy atom. The quantitative estimate of drug-likeness (QED) is 0.723. The van der Waals surface area contributed by atoms with Crippen LogP contribution in [0.15, 0.2) is 36.5 Å². The van der Waals surface area contributed by atoms with E-state index < -0.39 is 0 Å². The van der Waals surface area contributed by atoms with Crippen LogP contribution in [0.1, 0.15) is 31.1 Å². The number of aromatic nitrogens is 1. The second kappa shape index (κ2) is 4.22. The zero-order chi connectivity index (χ0) is 10.8. The van der Waals surface area contributed by atoms with E-state index in [1.54, 1.807) is 0 Å². The number of hydrogen-bond donors (Lipinski definition) is 0. The average Bonchev–Trinajstić information content (AvgIpc) is 2.39. The Morgan fingerprint density at radius 3 is 2.94 bits per heavy atom. The summed E-state index contributed by atoms with van der Waals surface area (Å²) in [4.78, 5) is 4.51. The summed E-state index contributed by atoms with van der Waals surface area (Å²) in [5.41, 5.74) is 1.11. The molecule has 0 radical (unpaired) electrons. The summed E-state index contributed by atoms with van der Waals surface area (Å²) in [6.07, 6.45) is 5.60. The number of pyridine rings is 1. The summed E-state index contributed by atoms with van der Waals surface area (Å²) in [6, 6.07) is 10.4. The van der Waals surface area contributed by atoms with Crippen LogP contribution in [0, 0.1) is 0 Å². The Morgan fingerprint density at radius 2 is 2.06 bits per heavy atom. The molecule has 1 aliphatic rings. The van der Waals surface area contributed by atoms with Gasteiger partial charge in [0.05, 0.1) is 5.69 Å². The van der Waals surface area contributed by atoms with Gasteiger partial charge in [0.1, 0.15) is 6.10 Å². The molecule has 1 fully saturated rings. The maximum Gasteiger partial charge on any atom is 0.100 e. The third kappa shape index (κ3) is 1.69. The van der Waals surface area contributed by atoms with Crippen molar-refractivity contribution in [1.29, 1.82) is 0 Å². The predicted octanol–water partition coefficient (Wildman–Crippen LogP) is 3.48. The molecule has 0 amide bonds. The maximum absolute atomic E-state index is 5.81. The normalized spacial score (nSPS) is 21.1. The molecule has 0 N–H and O–H groups in total. The van der Waals surface area contributed by atoms with Crippen molar-refractivity contribution in [2.24, 2.45) is 0 Å². The molecule has 1 aromatic carbocycles. The predicted molar refractivity (Wildman–Crippen MR) is 64.3 cm³/mol. The summed E-state index contributed by atoms with van der Waals surface area (Å²) in [6.45, 7) is 0.871. The molecule has 1 aliphatic heterocycles. The van der Waals surface area contributed by atoms with Crippen LogP contribution in [-0.4, -0.2) is 11.6 Å². The second-order valence-corrected chi connectivity index (χ2v) is 4.27. The summed E-state index contributed by atoms with van der Waals surface area (Å²) in [5, 5.41) is 2.48. The molecule has 16 heavy (non-hydrogen) atoms. The molecular formula is C14H15NO. The van der Waals surface area contributed by atoms with Gasteiger partial charge in [-0.05, 0) is 30.7 Å². The fourth-order valence-electron chi connectivity index (χ4n) is 2.36. The zero-order valence-corrected chi connectivity index (χ0v) is 9.23. The summed E-state index contributed by atoms with van der Waals surface area (Å²) >= 11 is 0.